The van der Waals surface area contributed by atoms with Gasteiger partial charge in [-0.2, -0.15) is 0 Å². The Morgan fingerprint density at radius 3 is 1.01 bits per heavy atom. The zero-order valence-electron chi connectivity index (χ0n) is 82.3. The van der Waals surface area contributed by atoms with Gasteiger partial charge in [0, 0.05) is 76.9 Å². The second-order valence-corrected chi connectivity index (χ2v) is 42.5. The van der Waals surface area contributed by atoms with Crippen LogP contribution in [0.3, 0.4) is 0 Å². The van der Waals surface area contributed by atoms with Crippen LogP contribution in [0.5, 0.6) is 11.5 Å². The minimum atomic E-state index is -0.944. The van der Waals surface area contributed by atoms with Crippen LogP contribution in [0.4, 0.5) is 14.4 Å². The van der Waals surface area contributed by atoms with E-state index in [9.17, 15) is 38.4 Å². The van der Waals surface area contributed by atoms with Crippen LogP contribution < -0.4 is 31.6 Å². The van der Waals surface area contributed by atoms with Crippen molar-refractivity contribution in [1.82, 2.24) is 25.3 Å². The number of carboxylic acids is 1. The van der Waals surface area contributed by atoms with Gasteiger partial charge in [-0.3, -0.25) is 19.5 Å². The van der Waals surface area contributed by atoms with Crippen LogP contribution in [0.25, 0.3) is 0 Å². The van der Waals surface area contributed by atoms with Crippen LogP contribution in [0.1, 0.15) is 302 Å². The maximum absolute atomic E-state index is 13.1. The van der Waals surface area contributed by atoms with Crippen molar-refractivity contribution in [2.24, 2.45) is 41.1 Å². The number of halogens is 2. The number of benzene rings is 7. The summed E-state index contributed by atoms with van der Waals surface area (Å²) in [6, 6.07) is 52.9. The Morgan fingerprint density at radius 2 is 0.733 bits per heavy atom. The molecule has 10 bridgehead atoms. The number of carbonyl (C=O) groups excluding carboxylic acids is 7. The first kappa shape index (κ1) is 107. The number of hydrogen-bond donors (Lipinski definition) is 5. The second-order valence-electron chi connectivity index (χ2n) is 42.0. The molecule has 0 radical (unpaired) electrons. The fraction of sp³-hybridized carbons (Fsp3) is 0.541. The first-order valence-corrected chi connectivity index (χ1v) is 49.0. The number of amides is 4. The Balaban J connectivity index is 0.000000171. The lowest BCUT2D eigenvalue weighted by atomic mass is 9.49. The minimum Gasteiger partial charge on any atom is -0.497 e. The van der Waals surface area contributed by atoms with Gasteiger partial charge in [-0.1, -0.05) is 140 Å². The fourth-order valence-corrected chi connectivity index (χ4v) is 19.8. The monoisotopic (exact) mass is 1940 g/mol. The molecule has 135 heavy (non-hydrogen) atoms. The quantitative estimate of drug-likeness (QED) is 0.0153. The summed E-state index contributed by atoms with van der Waals surface area (Å²) in [5.74, 6) is 4.14. The van der Waals surface area contributed by atoms with Crippen LogP contribution in [-0.4, -0.2) is 160 Å². The summed E-state index contributed by atoms with van der Waals surface area (Å²) in [6.45, 7) is 23.7. The average Bonchev–Trinajstić information content (AvgIpc) is 0.711. The zero-order chi connectivity index (χ0) is 97.1. The summed E-state index contributed by atoms with van der Waals surface area (Å²) in [5, 5.41) is 16.6. The van der Waals surface area contributed by atoms with Gasteiger partial charge in [0.15, 0.2) is 0 Å². The number of carbonyl (C=O) groups is 8. The number of esters is 3. The van der Waals surface area contributed by atoms with Gasteiger partial charge < -0.3 is 65.1 Å². The van der Waals surface area contributed by atoms with Crippen molar-refractivity contribution in [3.63, 3.8) is 0 Å². The van der Waals surface area contributed by atoms with Crippen molar-refractivity contribution in [2.45, 2.75) is 312 Å². The van der Waals surface area contributed by atoms with E-state index in [4.69, 9.17) is 45.0 Å². The molecule has 22 rings (SSSR count). The van der Waals surface area contributed by atoms with Gasteiger partial charge in [-0.05, 0) is 338 Å². The van der Waals surface area contributed by atoms with E-state index in [1.165, 1.54) is 83.8 Å². The van der Waals surface area contributed by atoms with Gasteiger partial charge in [0.2, 0.25) is 0 Å². The summed E-state index contributed by atoms with van der Waals surface area (Å²) in [4.78, 5) is 102. The lowest BCUT2D eigenvalue weighted by Crippen LogP contribution is -2.69. The number of nitrogens with two attached hydrogens (primary N) is 2. The molecule has 2 atom stereocenters. The topological polar surface area (TPSA) is 316 Å². The summed E-state index contributed by atoms with van der Waals surface area (Å²) < 4.78 is 41.4. The van der Waals surface area contributed by atoms with E-state index >= 15 is 0 Å². The van der Waals surface area contributed by atoms with Gasteiger partial charge in [0.05, 0.1) is 57.8 Å². The van der Waals surface area contributed by atoms with E-state index in [0.717, 1.165) is 177 Å². The first-order valence-electron chi connectivity index (χ1n) is 47.9. The lowest BCUT2D eigenvalue weighted by molar-refractivity contribution is -0.141. The first-order chi connectivity index (χ1) is 63.5. The number of unbranched alkanes of at least 4 members (excludes halogenated alkanes) is 2. The SMILES string of the molecule is CC(C)(C)OC(=O)N(Cc1ccc(C(=O)O)cc1)C12CC(C1)C2.CCCC[C@@H](Cc1cccc(OC)c1)NC(=O)c1ccc(CN(C(=O)OC(C)(C)C)C23CC(C2)C3)cc1.CCCC[C@H](N)Cc1cccc(OC)c1.COC(=O)c1ccc(CBr)cc1.COC(=O)c1ccc(CN(C(=O)OC(C)(C)C)C23CC(C2)C3)cc1.COC(=O)c1ccc(CNC23CC(C2)C3)cc1.Cl.NC12CC(C1)C2. The molecule has 7 N–H and O–H groups in total. The van der Waals surface area contributed by atoms with Crippen molar-refractivity contribution in [1.29, 1.82) is 0 Å². The molecule has 7 aromatic rings. The van der Waals surface area contributed by atoms with Crippen LogP contribution in [-0.2, 0) is 72.8 Å². The predicted octanol–water partition coefficient (Wildman–Crippen LogP) is 22.1. The smallest absolute Gasteiger partial charge is 0.411 e. The predicted molar refractivity (Wildman–Crippen MR) is 531 cm³/mol. The van der Waals surface area contributed by atoms with Crippen molar-refractivity contribution < 1.29 is 81.4 Å². The largest absolute Gasteiger partial charge is 0.497 e. The third-order valence-corrected chi connectivity index (χ3v) is 28.2. The molecule has 15 aliphatic carbocycles. The standard InChI is InChI=1S/C31H42N2O4.C19H25NO4.C18H23NO4.C14H17NO2.C13H21NO.C9H9BrO2.C5H9N.ClH/c1-6-7-10-26(16-23-9-8-11-27(17-23)36-5)32-28(34)25-14-12-22(13-15-25)21-33(29(35)37-30(2,3)4)31-18-24(19-31)20-31;1-18(2,3)24-17(22)20(19-9-14(10-19)11-19)12-13-5-7-15(8-6-13)16(21)23-4;1-17(2,3)23-16(22)19(18-8-13(9-18)10-18)11-12-4-6-14(7-5-12)15(20)21;1-17-13(16)12-4-2-10(3-5-12)9-15-14-6-11(7-14)8-14;1-3-4-7-12(14)9-11-6-5-8-13(10-11)15-2;1-12-9(11)8-4-2-7(6-10)3-5-8;6-5-1-4(2-5)3-5;/h8-9,11-15,17,24,26H,6-7,10,16,18-21H2,1-5H3,(H,32,34);5-8,14H,9-12H2,1-4H3;4-7,13H,8-11H2,1-3H3,(H,20,21);2-5,11,15H,6-9H2,1H3;5-6,8,10,12H,3-4,7,9,14H2,1-2H3;2-5H,6H2,1H3;4H,1-3,6H2;1H/t24?,26-,31?;;;;12-;;;/m0...0.../s1. The van der Waals surface area contributed by atoms with E-state index in [1.807, 2.05) is 180 Å². The number of aromatic carboxylic acids is 1. The van der Waals surface area contributed by atoms with Crippen molar-refractivity contribution >= 4 is 76.4 Å². The Labute approximate surface area is 814 Å². The Bertz CT molecular complexity index is 5030. The van der Waals surface area contributed by atoms with Crippen molar-refractivity contribution in [3.8, 4) is 11.5 Å². The highest BCUT2D eigenvalue weighted by molar-refractivity contribution is 9.08. The highest BCUT2D eigenvalue weighted by atomic mass is 79.9. The van der Waals surface area contributed by atoms with E-state index < -0.39 is 22.8 Å². The van der Waals surface area contributed by atoms with Gasteiger partial charge in [-0.15, -0.1) is 12.4 Å². The maximum atomic E-state index is 13.1. The third-order valence-electron chi connectivity index (χ3n) is 27.5. The molecular formula is C109H147BrClN7O17. The maximum Gasteiger partial charge on any atom is 0.411 e. The molecule has 24 nitrogen and oxygen atoms in total. The van der Waals surface area contributed by atoms with E-state index in [-0.39, 0.29) is 88.8 Å². The molecule has 7 aromatic carbocycles. The molecular weight excluding hydrogens is 1790 g/mol. The number of carboxylic acid groups (broad SMARTS) is 1. The Kier molecular flexibility index (Phi) is 37.1. The van der Waals surface area contributed by atoms with E-state index in [1.54, 1.807) is 62.8 Å². The fourth-order valence-electron chi connectivity index (χ4n) is 19.4. The Hall–Kier alpha value is -10.1. The molecule has 0 aromatic heterocycles. The second kappa shape index (κ2) is 46.9. The van der Waals surface area contributed by atoms with Crippen LogP contribution in [0, 0.1) is 29.6 Å². The van der Waals surface area contributed by atoms with Gasteiger partial charge >= 0.3 is 42.2 Å². The summed E-state index contributed by atoms with van der Waals surface area (Å²) in [7, 11) is 7.50. The normalized spacial score (nSPS) is 23.0. The molecule has 0 aliphatic heterocycles. The highest BCUT2D eigenvalue weighted by Gasteiger charge is 2.64. The van der Waals surface area contributed by atoms with Crippen LogP contribution in [0.2, 0.25) is 0 Å². The number of methoxy groups -OCH3 is 5. The van der Waals surface area contributed by atoms with Gasteiger partial charge in [0.1, 0.15) is 28.3 Å². The van der Waals surface area contributed by atoms with Crippen LogP contribution >= 0.6 is 28.3 Å². The Morgan fingerprint density at radius 1 is 0.422 bits per heavy atom. The molecule has 0 saturated heterocycles. The number of nitrogens with zero attached hydrogens (tertiary/aromatic N) is 3. The van der Waals surface area contributed by atoms with E-state index in [0.29, 0.717) is 53.0 Å². The molecule has 15 fully saturated rings. The van der Waals surface area contributed by atoms with Crippen molar-refractivity contribution in [2.75, 3.05) is 35.5 Å². The number of rotatable bonds is 31. The van der Waals surface area contributed by atoms with Gasteiger partial charge in [-0.25, -0.2) is 33.6 Å². The van der Waals surface area contributed by atoms with Crippen LogP contribution in [0.15, 0.2) is 170 Å². The molecule has 734 valence electrons. The molecule has 0 spiro atoms. The summed E-state index contributed by atoms with van der Waals surface area (Å²) >= 11 is 3.32. The number of ether oxygens (including phenoxy) is 8. The average molecular weight is 1940 g/mol. The molecule has 15 saturated carbocycles. The molecule has 26 heteroatoms. The molecule has 15 aliphatic rings. The zero-order valence-corrected chi connectivity index (χ0v) is 84.7. The number of nitrogens with one attached hydrogen (secondary N) is 2. The number of alkyl halides is 1. The third kappa shape index (κ3) is 29.5. The summed E-state index contributed by atoms with van der Waals surface area (Å²) in [6.07, 6.45) is 25.1. The summed E-state index contributed by atoms with van der Waals surface area (Å²) in [5.41, 5.74) is 21.2. The highest BCUT2D eigenvalue weighted by Crippen LogP contribution is 2.63. The molecule has 0 unspecified atom stereocenters. The minimum absolute atomic E-state index is 0. The van der Waals surface area contributed by atoms with E-state index in [2.05, 4.69) is 68.1 Å². The number of hydrogen-bond acceptors (Lipinski definition) is 19. The molecule has 0 heterocycles. The van der Waals surface area contributed by atoms with Gasteiger partial charge in [0.25, 0.3) is 5.91 Å². The van der Waals surface area contributed by atoms with Crippen molar-refractivity contribution in [3.05, 3.63) is 237 Å². The lowest BCUT2D eigenvalue weighted by Gasteiger charge is -2.65. The molecule has 4 amide bonds.